The first-order valence-corrected chi connectivity index (χ1v) is 13.1. The number of H-pyrrole nitrogens is 1. The van der Waals surface area contributed by atoms with Gasteiger partial charge in [0.15, 0.2) is 17.1 Å². The largest absolute Gasteiger partial charge is 0.505 e. The van der Waals surface area contributed by atoms with Gasteiger partial charge in [-0.05, 0) is 56.7 Å². The third-order valence-electron chi connectivity index (χ3n) is 6.07. The molecule has 4 aromatic rings. The van der Waals surface area contributed by atoms with E-state index >= 15 is 0 Å². The number of fused-ring (bicyclic) bond motifs is 1. The molecule has 0 spiro atoms. The number of aromatic amines is 1. The van der Waals surface area contributed by atoms with Crippen molar-refractivity contribution in [2.75, 3.05) is 13.8 Å². The Morgan fingerprint density at radius 1 is 1.02 bits per heavy atom. The molecule has 3 N–H and O–H groups in total. The first-order chi connectivity index (χ1) is 21.1. The van der Waals surface area contributed by atoms with Gasteiger partial charge in [0, 0.05) is 30.7 Å². The van der Waals surface area contributed by atoms with Gasteiger partial charge in [0.25, 0.3) is 11.1 Å². The van der Waals surface area contributed by atoms with Crippen molar-refractivity contribution in [1.29, 1.82) is 0 Å². The van der Waals surface area contributed by atoms with E-state index in [1.165, 1.54) is 29.1 Å². The lowest BCUT2D eigenvalue weighted by atomic mass is 10.0. The van der Waals surface area contributed by atoms with E-state index in [2.05, 4.69) is 19.8 Å². The minimum absolute atomic E-state index is 0.0306. The third-order valence-corrected chi connectivity index (χ3v) is 6.07. The standard InChI is InChI=1S/C22H24F3N3O3.C5H3F3N2O2.CH3F/c1-22(2,30)15-12-26-19(27-13-15)17-10-14-6-8-28(20(29)16(14)11-18(17)23)7-4-3-5-9-31-21(24)25;6-5(7,8)3-2(11)1-9-10-4(3)12;1-2/h6,8,10-13,21,30H,3-5,7,9H2,1-2H3;1H,(H2,10,11,12);1H3. The Morgan fingerprint density at radius 3 is 2.20 bits per heavy atom. The van der Waals surface area contributed by atoms with E-state index in [-0.39, 0.29) is 28.9 Å². The van der Waals surface area contributed by atoms with Crippen molar-refractivity contribution in [2.24, 2.45) is 0 Å². The lowest BCUT2D eigenvalue weighted by Gasteiger charge is -2.16. The summed E-state index contributed by atoms with van der Waals surface area (Å²) in [6, 6.07) is 4.41. The maximum absolute atomic E-state index is 14.8. The maximum Gasteiger partial charge on any atom is 0.425 e. The average Bonchev–Trinajstić information content (AvgIpc) is 2.96. The first kappa shape index (κ1) is 36.8. The summed E-state index contributed by atoms with van der Waals surface area (Å²) < 4.78 is 89.5. The molecule has 0 unspecified atom stereocenters. The minimum Gasteiger partial charge on any atom is -0.505 e. The second-order valence-corrected chi connectivity index (χ2v) is 9.74. The number of alkyl halides is 6. The molecular weight excluding hydrogens is 619 g/mol. The molecule has 0 saturated heterocycles. The minimum atomic E-state index is -4.86. The number of nitrogens with one attached hydrogen (secondary N) is 1. The number of pyridine rings is 1. The molecule has 0 bridgehead atoms. The van der Waals surface area contributed by atoms with Gasteiger partial charge in [-0.25, -0.2) is 19.5 Å². The number of benzene rings is 1. The van der Waals surface area contributed by atoms with Crippen molar-refractivity contribution in [3.05, 3.63) is 80.6 Å². The summed E-state index contributed by atoms with van der Waals surface area (Å²) >= 11 is 0. The van der Waals surface area contributed by atoms with Crippen molar-refractivity contribution in [3.63, 3.8) is 0 Å². The quantitative estimate of drug-likeness (QED) is 0.164. The molecular formula is C28H30F7N5O5. The Morgan fingerprint density at radius 2 is 1.67 bits per heavy atom. The van der Waals surface area contributed by atoms with Crippen LogP contribution in [0.3, 0.4) is 0 Å². The molecule has 0 radical (unpaired) electrons. The van der Waals surface area contributed by atoms with Gasteiger partial charge >= 0.3 is 12.8 Å². The molecule has 3 heterocycles. The summed E-state index contributed by atoms with van der Waals surface area (Å²) in [4.78, 5) is 31.5. The van der Waals surface area contributed by atoms with Gasteiger partial charge in [0.05, 0.1) is 36.5 Å². The van der Waals surface area contributed by atoms with Crippen LogP contribution in [-0.2, 0) is 23.1 Å². The van der Waals surface area contributed by atoms with Crippen molar-refractivity contribution in [3.8, 4) is 17.1 Å². The van der Waals surface area contributed by atoms with Crippen LogP contribution in [0.5, 0.6) is 5.75 Å². The molecule has 3 aromatic heterocycles. The fraction of sp³-hybridized carbons (Fsp3) is 0.393. The van der Waals surface area contributed by atoms with Crippen molar-refractivity contribution in [1.82, 2.24) is 24.7 Å². The number of aryl methyl sites for hydroxylation is 1. The summed E-state index contributed by atoms with van der Waals surface area (Å²) in [5.74, 6) is -1.64. The van der Waals surface area contributed by atoms with Crippen molar-refractivity contribution < 1.29 is 45.7 Å². The number of aliphatic hydroxyl groups is 1. The first-order valence-electron chi connectivity index (χ1n) is 13.1. The van der Waals surface area contributed by atoms with E-state index in [0.29, 0.717) is 50.1 Å². The number of ether oxygens (including phenoxy) is 1. The van der Waals surface area contributed by atoms with Crippen molar-refractivity contribution >= 4 is 10.8 Å². The van der Waals surface area contributed by atoms with Crippen LogP contribution in [0.4, 0.5) is 30.7 Å². The molecule has 10 nitrogen and oxygen atoms in total. The normalized spacial score (nSPS) is 11.6. The fourth-order valence-corrected chi connectivity index (χ4v) is 3.83. The van der Waals surface area contributed by atoms with Crippen LogP contribution in [0.1, 0.15) is 44.2 Å². The van der Waals surface area contributed by atoms with E-state index in [4.69, 9.17) is 5.11 Å². The number of halogens is 7. The van der Waals surface area contributed by atoms with E-state index in [1.807, 2.05) is 0 Å². The van der Waals surface area contributed by atoms with Gasteiger partial charge in [0.2, 0.25) is 0 Å². The van der Waals surface area contributed by atoms with Crippen LogP contribution >= 0.6 is 0 Å². The Kier molecular flexibility index (Phi) is 13.2. The van der Waals surface area contributed by atoms with Gasteiger partial charge in [-0.15, -0.1) is 0 Å². The van der Waals surface area contributed by atoms with Crippen LogP contribution < -0.4 is 11.1 Å². The van der Waals surface area contributed by atoms with Crippen LogP contribution in [-0.4, -0.2) is 55.3 Å². The molecule has 1 aromatic carbocycles. The summed E-state index contributed by atoms with van der Waals surface area (Å²) in [5.41, 5.74) is -3.86. The topological polar surface area (TPSA) is 143 Å². The molecule has 0 aliphatic carbocycles. The number of hydrogen-bond donors (Lipinski definition) is 3. The SMILES string of the molecule is CC(C)(O)c1cnc(-c2cc3ccn(CCCCCOC(F)F)c(=O)c3cc2F)nc1.CF.O=c1[nH]ncc(O)c1C(F)(F)F. The van der Waals surface area contributed by atoms with E-state index in [9.17, 15) is 45.4 Å². The van der Waals surface area contributed by atoms with Crippen molar-refractivity contribution in [2.45, 2.75) is 58.0 Å². The number of hydrogen-bond acceptors (Lipinski definition) is 8. The zero-order chi connectivity index (χ0) is 33.9. The van der Waals surface area contributed by atoms with Gasteiger partial charge in [-0.3, -0.25) is 14.0 Å². The lowest BCUT2D eigenvalue weighted by molar-refractivity contribution is -0.140. The highest BCUT2D eigenvalue weighted by atomic mass is 19.4. The Bertz CT molecular complexity index is 1650. The molecule has 0 amide bonds. The number of nitrogens with zero attached hydrogens (tertiary/aromatic N) is 4. The van der Waals surface area contributed by atoms with Gasteiger partial charge in [-0.1, -0.05) is 0 Å². The predicted molar refractivity (Wildman–Crippen MR) is 149 cm³/mol. The molecule has 0 atom stereocenters. The molecule has 45 heavy (non-hydrogen) atoms. The summed E-state index contributed by atoms with van der Waals surface area (Å²) in [6.07, 6.45) is 1.87. The third kappa shape index (κ3) is 10.3. The highest BCUT2D eigenvalue weighted by Gasteiger charge is 2.37. The van der Waals surface area contributed by atoms with Gasteiger partial charge in [-0.2, -0.15) is 27.1 Å². The number of aromatic hydroxyl groups is 1. The molecule has 0 aliphatic rings. The van der Waals surface area contributed by atoms with Gasteiger partial charge < -0.3 is 19.5 Å². The van der Waals surface area contributed by atoms with E-state index in [1.54, 1.807) is 31.2 Å². The van der Waals surface area contributed by atoms with Gasteiger partial charge in [0.1, 0.15) is 5.82 Å². The second kappa shape index (κ2) is 16.1. The van der Waals surface area contributed by atoms with E-state index in [0.717, 1.165) is 0 Å². The Labute approximate surface area is 251 Å². The van der Waals surface area contributed by atoms with Crippen LogP contribution in [0, 0.1) is 5.82 Å². The molecule has 0 aliphatic heterocycles. The Hall–Kier alpha value is -4.38. The highest BCUT2D eigenvalue weighted by molar-refractivity contribution is 5.85. The summed E-state index contributed by atoms with van der Waals surface area (Å²) in [7, 11) is 0.500. The summed E-state index contributed by atoms with van der Waals surface area (Å²) in [6.45, 7) is 0.799. The molecule has 0 saturated carbocycles. The highest BCUT2D eigenvalue weighted by Crippen LogP contribution is 2.31. The zero-order valence-electron chi connectivity index (χ0n) is 24.2. The maximum atomic E-state index is 14.8. The monoisotopic (exact) mass is 649 g/mol. The van der Waals surface area contributed by atoms with E-state index < -0.39 is 41.1 Å². The zero-order valence-corrected chi connectivity index (χ0v) is 24.2. The number of aromatic nitrogens is 5. The van der Waals surface area contributed by atoms with Crippen LogP contribution in [0.2, 0.25) is 0 Å². The second-order valence-electron chi connectivity index (χ2n) is 9.74. The molecule has 17 heteroatoms. The smallest absolute Gasteiger partial charge is 0.425 e. The molecule has 4 rings (SSSR count). The van der Waals surface area contributed by atoms with Crippen LogP contribution in [0.25, 0.3) is 22.2 Å². The number of unbranched alkanes of at least 4 members (excludes halogenated alkanes) is 2. The summed E-state index contributed by atoms with van der Waals surface area (Å²) in [5, 5.41) is 23.9. The molecule has 0 fully saturated rings. The average molecular weight is 650 g/mol. The Balaban J connectivity index is 0.000000421. The fourth-order valence-electron chi connectivity index (χ4n) is 3.83. The number of rotatable bonds is 9. The molecule has 246 valence electrons. The van der Waals surface area contributed by atoms with Crippen LogP contribution in [0.15, 0.2) is 52.6 Å². The lowest BCUT2D eigenvalue weighted by Crippen LogP contribution is -2.22. The predicted octanol–water partition coefficient (Wildman–Crippen LogP) is 5.31.